The van der Waals surface area contributed by atoms with Gasteiger partial charge in [0, 0.05) is 0 Å². The van der Waals surface area contributed by atoms with Crippen molar-refractivity contribution in [2.75, 3.05) is 5.32 Å². The number of amides is 3. The van der Waals surface area contributed by atoms with Gasteiger partial charge in [0.25, 0.3) is 0 Å². The summed E-state index contributed by atoms with van der Waals surface area (Å²) in [5, 5.41) is 3.40. The predicted molar refractivity (Wildman–Crippen MR) is 118 cm³/mol. The molecule has 2 aromatic rings. The van der Waals surface area contributed by atoms with Crippen LogP contribution in [0.1, 0.15) is 44.2 Å². The molecule has 1 aromatic heterocycles. The Morgan fingerprint density at radius 3 is 2.30 bits per heavy atom. The Kier molecular flexibility index (Phi) is 5.49. The van der Waals surface area contributed by atoms with Crippen molar-refractivity contribution < 1.29 is 14.4 Å². The van der Waals surface area contributed by atoms with Crippen LogP contribution in [0.5, 0.6) is 0 Å². The normalized spacial score (nSPS) is 22.1. The molecule has 0 saturated carbocycles. The molecule has 1 N–H and O–H groups in total. The third-order valence-electron chi connectivity index (χ3n) is 6.02. The summed E-state index contributed by atoms with van der Waals surface area (Å²) in [5.74, 6) is -1.29. The van der Waals surface area contributed by atoms with Gasteiger partial charge in [-0.25, -0.2) is 4.98 Å². The van der Waals surface area contributed by atoms with Crippen LogP contribution in [0.3, 0.4) is 0 Å². The zero-order valence-corrected chi connectivity index (χ0v) is 18.6. The average molecular weight is 426 g/mol. The molecule has 0 radical (unpaired) electrons. The number of nitrogens with zero attached hydrogens (tertiary/aromatic N) is 2. The van der Waals surface area contributed by atoms with Crippen LogP contribution in [0.2, 0.25) is 0 Å². The number of nitrogens with one attached hydrogen (secondary N) is 1. The van der Waals surface area contributed by atoms with E-state index in [0.717, 1.165) is 21.3 Å². The van der Waals surface area contributed by atoms with Gasteiger partial charge >= 0.3 is 0 Å². The van der Waals surface area contributed by atoms with Crippen molar-refractivity contribution >= 4 is 44.4 Å². The minimum Gasteiger partial charge on any atom is -0.300 e. The van der Waals surface area contributed by atoms with Crippen LogP contribution in [0.15, 0.2) is 24.3 Å². The van der Waals surface area contributed by atoms with Crippen molar-refractivity contribution in [3.63, 3.8) is 0 Å². The van der Waals surface area contributed by atoms with Crippen LogP contribution in [0, 0.1) is 31.6 Å². The summed E-state index contributed by atoms with van der Waals surface area (Å²) in [6, 6.07) is 3.24. The third-order valence-corrected chi connectivity index (χ3v) is 7.13. The highest BCUT2D eigenvalue weighted by atomic mass is 32.1. The molecule has 4 rings (SSSR count). The maximum atomic E-state index is 13.3. The molecule has 2 heterocycles. The predicted octanol–water partition coefficient (Wildman–Crippen LogP) is 4.22. The number of benzene rings is 1. The smallest absolute Gasteiger partial charge is 0.249 e. The summed E-state index contributed by atoms with van der Waals surface area (Å²) in [6.07, 6.45) is 5.48. The quantitative estimate of drug-likeness (QED) is 0.575. The number of aromatic nitrogens is 1. The van der Waals surface area contributed by atoms with Gasteiger partial charge < -0.3 is 5.32 Å². The lowest BCUT2D eigenvalue weighted by molar-refractivity contribution is -0.147. The Labute approximate surface area is 180 Å². The number of fused-ring (bicyclic) bond motifs is 2. The minimum atomic E-state index is -0.815. The molecule has 2 aliphatic rings. The minimum absolute atomic E-state index is 0.155. The molecule has 1 fully saturated rings. The molecule has 0 spiro atoms. The summed E-state index contributed by atoms with van der Waals surface area (Å²) in [5.41, 5.74) is 3.03. The molecule has 0 unspecified atom stereocenters. The molecule has 0 bridgehead atoms. The van der Waals surface area contributed by atoms with E-state index in [-0.39, 0.29) is 35.5 Å². The van der Waals surface area contributed by atoms with E-state index in [9.17, 15) is 14.4 Å². The van der Waals surface area contributed by atoms with E-state index in [4.69, 9.17) is 0 Å². The molecule has 1 saturated heterocycles. The van der Waals surface area contributed by atoms with Gasteiger partial charge in [-0.15, -0.1) is 0 Å². The topological polar surface area (TPSA) is 79.4 Å². The first-order valence-electron chi connectivity index (χ1n) is 10.5. The third kappa shape index (κ3) is 3.55. The van der Waals surface area contributed by atoms with Crippen LogP contribution >= 0.6 is 11.3 Å². The number of hydrogen-bond donors (Lipinski definition) is 1. The molecule has 6 nitrogen and oxygen atoms in total. The summed E-state index contributed by atoms with van der Waals surface area (Å²) in [6.45, 7) is 7.99. The molecule has 158 valence electrons. The number of imide groups is 1. The van der Waals surface area contributed by atoms with Crippen LogP contribution in [0.25, 0.3) is 10.2 Å². The average Bonchev–Trinajstić information content (AvgIpc) is 3.24. The number of rotatable bonds is 5. The van der Waals surface area contributed by atoms with Crippen molar-refractivity contribution in [3.05, 3.63) is 35.4 Å². The number of likely N-dealkylation sites (tertiary alicyclic amines) is 1. The Morgan fingerprint density at radius 2 is 1.73 bits per heavy atom. The van der Waals surface area contributed by atoms with Gasteiger partial charge in [0.1, 0.15) is 6.04 Å². The number of aryl methyl sites for hydroxylation is 2. The summed E-state index contributed by atoms with van der Waals surface area (Å²) in [7, 11) is 0. The molecule has 3 amide bonds. The number of carbonyl (C=O) groups is 3. The molecule has 1 aliphatic heterocycles. The van der Waals surface area contributed by atoms with Crippen molar-refractivity contribution in [1.29, 1.82) is 0 Å². The molecule has 3 atom stereocenters. The van der Waals surface area contributed by atoms with Gasteiger partial charge in [-0.3, -0.25) is 19.3 Å². The molecular weight excluding hydrogens is 398 g/mol. The van der Waals surface area contributed by atoms with Crippen molar-refractivity contribution in [1.82, 2.24) is 9.88 Å². The first kappa shape index (κ1) is 20.7. The molecule has 1 aromatic carbocycles. The zero-order valence-electron chi connectivity index (χ0n) is 17.8. The SMILES string of the molecule is Cc1ccc(C)c2sc(NC(=O)[C@H](CC(C)C)N3C(=O)[C@H]4CC=CC[C@@H]4C3=O)nc12. The lowest BCUT2D eigenvalue weighted by Crippen LogP contribution is -2.48. The summed E-state index contributed by atoms with van der Waals surface area (Å²) in [4.78, 5) is 45.2. The van der Waals surface area contributed by atoms with E-state index < -0.39 is 6.04 Å². The largest absolute Gasteiger partial charge is 0.300 e. The molecule has 1 aliphatic carbocycles. The second-order valence-electron chi connectivity index (χ2n) is 8.73. The number of thiazole rings is 1. The van der Waals surface area contributed by atoms with E-state index in [1.807, 2.05) is 52.0 Å². The highest BCUT2D eigenvalue weighted by Gasteiger charge is 2.51. The number of hydrogen-bond acceptors (Lipinski definition) is 5. The lowest BCUT2D eigenvalue weighted by Gasteiger charge is -2.26. The summed E-state index contributed by atoms with van der Waals surface area (Å²) < 4.78 is 1.04. The molecule has 7 heteroatoms. The monoisotopic (exact) mass is 425 g/mol. The molecular formula is C23H27N3O3S. The van der Waals surface area contributed by atoms with Gasteiger partial charge in [0.15, 0.2) is 5.13 Å². The van der Waals surface area contributed by atoms with Gasteiger partial charge in [-0.1, -0.05) is 49.5 Å². The Hall–Kier alpha value is -2.54. The Bertz CT molecular complexity index is 990. The van der Waals surface area contributed by atoms with Gasteiger partial charge in [-0.05, 0) is 50.2 Å². The maximum absolute atomic E-state index is 13.3. The van der Waals surface area contributed by atoms with E-state index in [2.05, 4.69) is 10.3 Å². The maximum Gasteiger partial charge on any atom is 0.249 e. The Balaban J connectivity index is 1.62. The fourth-order valence-corrected chi connectivity index (χ4v) is 5.43. The van der Waals surface area contributed by atoms with Crippen molar-refractivity contribution in [2.45, 2.75) is 53.0 Å². The van der Waals surface area contributed by atoms with E-state index in [0.29, 0.717) is 24.4 Å². The standard InChI is InChI=1S/C23H27N3O3S/c1-12(2)11-17(26-21(28)15-7-5-6-8-16(15)22(26)29)20(27)25-23-24-18-13(3)9-10-14(4)19(18)30-23/h5-6,9-10,12,15-17H,7-8,11H2,1-4H3,(H,24,25,27)/t15-,16-,17-/m0/s1. The lowest BCUT2D eigenvalue weighted by atomic mass is 9.85. The first-order chi connectivity index (χ1) is 14.3. The fraction of sp³-hybridized carbons (Fsp3) is 0.478. The van der Waals surface area contributed by atoms with Gasteiger partial charge in [0.05, 0.1) is 22.1 Å². The van der Waals surface area contributed by atoms with Crippen LogP contribution in [-0.4, -0.2) is 33.6 Å². The van der Waals surface area contributed by atoms with Crippen molar-refractivity contribution in [2.24, 2.45) is 17.8 Å². The van der Waals surface area contributed by atoms with E-state index >= 15 is 0 Å². The molecule has 30 heavy (non-hydrogen) atoms. The number of carbonyl (C=O) groups excluding carboxylic acids is 3. The van der Waals surface area contributed by atoms with E-state index in [1.165, 1.54) is 16.2 Å². The highest BCUT2D eigenvalue weighted by molar-refractivity contribution is 7.22. The second-order valence-corrected chi connectivity index (χ2v) is 9.73. The summed E-state index contributed by atoms with van der Waals surface area (Å²) >= 11 is 1.43. The van der Waals surface area contributed by atoms with E-state index in [1.54, 1.807) is 0 Å². The van der Waals surface area contributed by atoms with Gasteiger partial charge in [0.2, 0.25) is 17.7 Å². The second kappa shape index (κ2) is 7.95. The van der Waals surface area contributed by atoms with Crippen LogP contribution in [-0.2, 0) is 14.4 Å². The number of anilines is 1. The van der Waals surface area contributed by atoms with Crippen LogP contribution < -0.4 is 5.32 Å². The number of allylic oxidation sites excluding steroid dienone is 2. The fourth-order valence-electron chi connectivity index (χ4n) is 4.41. The van der Waals surface area contributed by atoms with Gasteiger partial charge in [-0.2, -0.15) is 0 Å². The highest BCUT2D eigenvalue weighted by Crippen LogP contribution is 2.37. The van der Waals surface area contributed by atoms with Crippen molar-refractivity contribution in [3.8, 4) is 0 Å². The first-order valence-corrected chi connectivity index (χ1v) is 11.3. The zero-order chi connectivity index (χ0) is 21.6. The van der Waals surface area contributed by atoms with Crippen LogP contribution in [0.4, 0.5) is 5.13 Å². The Morgan fingerprint density at radius 1 is 1.13 bits per heavy atom.